The molecule has 81 heavy (non-hydrogen) atoms. The predicted octanol–water partition coefficient (Wildman–Crippen LogP) is 8.09. The van der Waals surface area contributed by atoms with Gasteiger partial charge in [-0.3, -0.25) is 33.6 Å². The summed E-state index contributed by atoms with van der Waals surface area (Å²) in [5.41, 5.74) is 41.4. The van der Waals surface area contributed by atoms with Gasteiger partial charge in [-0.25, -0.2) is 0 Å². The number of Topliss-reactive ketones (excluding diaryl/α,β-unsaturated/α-hetero) is 6. The van der Waals surface area contributed by atoms with Crippen LogP contribution in [0.3, 0.4) is 0 Å². The Morgan fingerprint density at radius 1 is 0.395 bits per heavy atom. The summed E-state index contributed by atoms with van der Waals surface area (Å²) in [5.74, 6) is -18.5. The number of nitrogens with zero attached hydrogens (tertiary/aromatic N) is 18. The van der Waals surface area contributed by atoms with Crippen LogP contribution in [0.1, 0.15) is 63.7 Å². The maximum absolute atomic E-state index is 15.1. The van der Waals surface area contributed by atoms with E-state index in [2.05, 4.69) is 60.2 Å². The normalized spacial score (nSPS) is 13.8. The lowest BCUT2D eigenvalue weighted by Gasteiger charge is -2.23. The number of aromatic hydroxyl groups is 1. The van der Waals surface area contributed by atoms with Gasteiger partial charge in [-0.15, -0.1) is 0 Å². The van der Waals surface area contributed by atoms with Crippen molar-refractivity contribution in [3.05, 3.63) is 215 Å². The van der Waals surface area contributed by atoms with Crippen molar-refractivity contribution >= 4 is 87.9 Å². The van der Waals surface area contributed by atoms with Gasteiger partial charge in [0.15, 0.2) is 11.5 Å². The summed E-state index contributed by atoms with van der Waals surface area (Å²) in [5, 5.41) is 30.8. The molecule has 0 aromatic heterocycles. The molecule has 5 aromatic carbocycles. The van der Waals surface area contributed by atoms with Gasteiger partial charge in [-0.2, -0.15) is 25.3 Å². The fourth-order valence-electron chi connectivity index (χ4n) is 7.95. The molecule has 398 valence electrons. The monoisotopic (exact) mass is 1150 g/mol. The highest BCUT2D eigenvalue weighted by Crippen LogP contribution is 2.52. The molecule has 0 fully saturated rings. The van der Waals surface area contributed by atoms with E-state index in [1.54, 1.807) is 0 Å². The first-order valence-electron chi connectivity index (χ1n) is 21.1. The quantitative estimate of drug-likeness (QED) is 0.0229. The number of phenols is 1. The van der Waals surface area contributed by atoms with Crippen LogP contribution in [0.2, 0.25) is 0 Å². The van der Waals surface area contributed by atoms with Crippen LogP contribution in [0.4, 0.5) is 0 Å². The lowest BCUT2D eigenvalue weighted by atomic mass is 9.91. The fraction of sp³-hybridized carbons (Fsp3) is 0. The molecule has 0 saturated carbocycles. The minimum atomic E-state index is -6.18. The molecule has 8 rings (SSSR count). The third kappa shape index (κ3) is 9.43. The van der Waals surface area contributed by atoms with Crippen LogP contribution in [0, 0.1) is 0 Å². The molecule has 1 N–H and O–H groups in total. The van der Waals surface area contributed by atoms with E-state index in [9.17, 15) is 80.3 Å². The van der Waals surface area contributed by atoms with Gasteiger partial charge in [0.05, 0.1) is 39.7 Å². The summed E-state index contributed by atoms with van der Waals surface area (Å²) >= 11 is 0. The second kappa shape index (κ2) is 21.2. The van der Waals surface area contributed by atoms with Crippen molar-refractivity contribution in [2.24, 2.45) is 30.7 Å². The van der Waals surface area contributed by atoms with E-state index in [1.807, 2.05) is 0 Å². The summed E-state index contributed by atoms with van der Waals surface area (Å²) in [6.45, 7) is 0. The number of benzene rings is 5. The zero-order chi connectivity index (χ0) is 58.9. The van der Waals surface area contributed by atoms with Crippen LogP contribution in [-0.2, 0) is 44.7 Å². The van der Waals surface area contributed by atoms with Crippen molar-refractivity contribution in [2.75, 3.05) is 0 Å². The molecule has 35 nitrogen and oxygen atoms in total. The van der Waals surface area contributed by atoms with Crippen LogP contribution < -0.4 is 12.5 Å². The number of carbonyl (C=O) groups is 7. The average molecular weight is 1150 g/mol. The molecule has 0 aliphatic heterocycles. The standard InChI is InChI=1S/C43H16N18O17S3/c44-56-50-28-25-17(35(64)38(67)31(28)53-59-47)9-4-12-22(25)79(70,71)76-41-20(34(63)16-7-2-1-3-8-16)15-21(62)42(77-80(72,73)23-13-5-10-18-26(23)29(51-57-45)32(54-60-48)39(68)36(18)65)43(41)78-81(74,75)24-14-6-11-19-27(24)30(52-58-46)33(55-61-49)40(69)37(19)66/h1-15,62H. The number of carbonyl (C=O) groups excluding carboxylic acids is 7. The van der Waals surface area contributed by atoms with E-state index in [0.717, 1.165) is 48.5 Å². The average Bonchev–Trinajstić information content (AvgIpc) is 3.64. The van der Waals surface area contributed by atoms with Crippen LogP contribution in [0.25, 0.3) is 79.7 Å². The Balaban J connectivity index is 1.50. The highest BCUT2D eigenvalue weighted by Gasteiger charge is 2.43. The highest BCUT2D eigenvalue weighted by molar-refractivity contribution is 7.88. The van der Waals surface area contributed by atoms with Gasteiger partial charge in [0.2, 0.25) is 51.9 Å². The fourth-order valence-corrected chi connectivity index (χ4v) is 11.5. The number of ketones is 7. The topological polar surface area (TPSA) is 562 Å². The Morgan fingerprint density at radius 2 is 0.704 bits per heavy atom. The lowest BCUT2D eigenvalue weighted by molar-refractivity contribution is -0.112. The zero-order valence-corrected chi connectivity index (χ0v) is 41.4. The smallest absolute Gasteiger partial charge is 0.340 e. The molecule has 5 aromatic rings. The number of fused-ring (bicyclic) bond motifs is 3. The Bertz CT molecular complexity index is 4670. The molecule has 38 heteroatoms. The van der Waals surface area contributed by atoms with Gasteiger partial charge >= 0.3 is 30.4 Å². The molecule has 0 saturated heterocycles. The summed E-state index contributed by atoms with van der Waals surface area (Å²) in [4.78, 5) is 105. The van der Waals surface area contributed by atoms with Crippen molar-refractivity contribution in [1.82, 2.24) is 0 Å². The van der Waals surface area contributed by atoms with Gasteiger partial charge in [0.25, 0.3) is 0 Å². The summed E-state index contributed by atoms with van der Waals surface area (Å²) in [7, 11) is -18.3. The van der Waals surface area contributed by atoms with Gasteiger partial charge in [0, 0.05) is 68.4 Å². The van der Waals surface area contributed by atoms with Crippen molar-refractivity contribution in [3.63, 3.8) is 0 Å². The first-order chi connectivity index (χ1) is 38.5. The van der Waals surface area contributed by atoms with E-state index in [4.69, 9.17) is 12.5 Å². The highest BCUT2D eigenvalue weighted by atomic mass is 32.2. The molecular formula is C43H16N18O17S3. The minimum Gasteiger partial charge on any atom is -0.504 e. The number of azide groups is 6. The molecule has 3 aliphatic rings. The SMILES string of the molecule is [N-]=[N+]=NC1=C(N=[N+]=[N-])c2c(cccc2S(=O)(=O)Oc2c(O)cc(C(=O)c3ccccc3)c(OS(=O)(=O)c3cccc4c3C(N=[N+]=[N-])=C(N=[N+]=[N-])C(=O)C4=O)c2OS(=O)(=O)c2cccc3c2C(N=[N+]=[N-])=C(N=[N+]=[N-])C(=O)C3=O)C(=O)C1=O. The third-order valence-corrected chi connectivity index (χ3v) is 15.0. The minimum absolute atomic E-state index is 0.231. The first kappa shape index (κ1) is 55.2. The van der Waals surface area contributed by atoms with E-state index in [-0.39, 0.29) is 6.07 Å². The largest absolute Gasteiger partial charge is 0.504 e. The van der Waals surface area contributed by atoms with Crippen molar-refractivity contribution in [2.45, 2.75) is 14.7 Å². The second-order valence-electron chi connectivity index (χ2n) is 15.5. The Morgan fingerprint density at radius 3 is 1.04 bits per heavy atom. The molecule has 0 radical (unpaired) electrons. The molecule has 0 spiro atoms. The Kier molecular flexibility index (Phi) is 14.4. The van der Waals surface area contributed by atoms with Crippen LogP contribution in [-0.4, -0.2) is 70.8 Å². The summed E-state index contributed by atoms with van der Waals surface area (Å²) in [6, 6.07) is 12.8. The van der Waals surface area contributed by atoms with E-state index in [0.29, 0.717) is 18.2 Å². The number of rotatable bonds is 17. The molecule has 0 bridgehead atoms. The Labute approximate surface area is 446 Å². The lowest BCUT2D eigenvalue weighted by Crippen LogP contribution is -2.26. The number of hydrogen-bond acceptors (Lipinski definition) is 23. The number of phenolic OH excluding ortho intramolecular Hbond substituents is 1. The van der Waals surface area contributed by atoms with Crippen molar-refractivity contribution in [3.8, 4) is 23.0 Å². The molecule has 3 aliphatic carbocycles. The van der Waals surface area contributed by atoms with Gasteiger partial charge in [0.1, 0.15) is 14.7 Å². The van der Waals surface area contributed by atoms with Crippen LogP contribution >= 0.6 is 0 Å². The van der Waals surface area contributed by atoms with Crippen molar-refractivity contribution in [1.29, 1.82) is 0 Å². The van der Waals surface area contributed by atoms with Crippen LogP contribution in [0.5, 0.6) is 23.0 Å². The third-order valence-electron chi connectivity index (χ3n) is 11.2. The molecular weight excluding hydrogens is 1140 g/mol. The van der Waals surface area contributed by atoms with E-state index >= 15 is 16.8 Å². The maximum Gasteiger partial charge on any atom is 0.340 e. The molecule has 0 unspecified atom stereocenters. The zero-order valence-electron chi connectivity index (χ0n) is 38.9. The first-order valence-corrected chi connectivity index (χ1v) is 25.3. The van der Waals surface area contributed by atoms with Gasteiger partial charge in [-0.05, 0) is 57.5 Å². The van der Waals surface area contributed by atoms with Gasteiger partial charge in [-0.1, -0.05) is 97.4 Å². The summed E-state index contributed by atoms with van der Waals surface area (Å²) in [6.07, 6.45) is 0. The second-order valence-corrected chi connectivity index (χ2v) is 20.0. The van der Waals surface area contributed by atoms with Crippen molar-refractivity contribution < 1.29 is 76.5 Å². The maximum atomic E-state index is 15.1. The molecule has 0 amide bonds. The predicted molar refractivity (Wildman–Crippen MR) is 264 cm³/mol. The summed E-state index contributed by atoms with van der Waals surface area (Å²) < 4.78 is 106. The molecule has 0 atom stereocenters. The van der Waals surface area contributed by atoms with E-state index < -0.39 is 187 Å². The van der Waals surface area contributed by atoms with Gasteiger partial charge < -0.3 is 17.7 Å². The van der Waals surface area contributed by atoms with Crippen LogP contribution in [0.15, 0.2) is 153 Å². The van der Waals surface area contributed by atoms with E-state index in [1.165, 1.54) is 18.2 Å². The Hall–Kier alpha value is -12.1. The molecule has 0 heterocycles. The number of allylic oxidation sites excluding steroid dienone is 3. The number of hydrogen-bond donors (Lipinski definition) is 1.